The fourth-order valence-electron chi connectivity index (χ4n) is 4.47. The lowest BCUT2D eigenvalue weighted by atomic mass is 9.83. The van der Waals surface area contributed by atoms with Gasteiger partial charge in [0.1, 0.15) is 0 Å². The van der Waals surface area contributed by atoms with E-state index in [1.165, 1.54) is 53.6 Å². The Labute approximate surface area is 176 Å². The highest BCUT2D eigenvalue weighted by atomic mass is 32.1. The van der Waals surface area contributed by atoms with Crippen LogP contribution in [0, 0.1) is 13.8 Å². The van der Waals surface area contributed by atoms with Crippen molar-refractivity contribution in [2.75, 3.05) is 0 Å². The summed E-state index contributed by atoms with van der Waals surface area (Å²) < 4.78 is 2.73. The smallest absolute Gasteiger partial charge is 0.0355 e. The number of rotatable bonds is 3. The molecule has 0 saturated carbocycles. The lowest BCUT2D eigenvalue weighted by Crippen LogP contribution is -2.01. The van der Waals surface area contributed by atoms with Gasteiger partial charge in [0.05, 0.1) is 0 Å². The summed E-state index contributed by atoms with van der Waals surface area (Å²) in [5.41, 5.74) is 8.17. The molecule has 1 heteroatoms. The number of hydrogen-bond acceptors (Lipinski definition) is 1. The van der Waals surface area contributed by atoms with Crippen LogP contribution < -0.4 is 0 Å². The normalized spacial score (nSPS) is 12.5. The summed E-state index contributed by atoms with van der Waals surface area (Å²) in [6.45, 7) is 6.78. The van der Waals surface area contributed by atoms with Crippen LogP contribution in [0.3, 0.4) is 0 Å². The van der Waals surface area contributed by atoms with Crippen molar-refractivity contribution in [2.45, 2.75) is 26.7 Å². The first kappa shape index (κ1) is 18.1. The average Bonchev–Trinajstić information content (AvgIpc) is 3.12. The maximum atomic E-state index is 2.41. The van der Waals surface area contributed by atoms with Crippen molar-refractivity contribution >= 4 is 31.5 Å². The number of benzene rings is 4. The minimum absolute atomic E-state index is 0.326. The summed E-state index contributed by atoms with van der Waals surface area (Å²) in [6.07, 6.45) is 0. The molecule has 1 heterocycles. The summed E-state index contributed by atoms with van der Waals surface area (Å²) >= 11 is 1.88. The molecule has 4 aromatic carbocycles. The van der Waals surface area contributed by atoms with Gasteiger partial charge in [-0.25, -0.2) is 0 Å². The minimum Gasteiger partial charge on any atom is -0.135 e. The second kappa shape index (κ2) is 7.17. The monoisotopic (exact) mass is 392 g/mol. The van der Waals surface area contributed by atoms with E-state index in [0.29, 0.717) is 5.92 Å². The van der Waals surface area contributed by atoms with Crippen LogP contribution in [0.5, 0.6) is 0 Å². The van der Waals surface area contributed by atoms with Gasteiger partial charge in [0.25, 0.3) is 0 Å². The lowest BCUT2D eigenvalue weighted by Gasteiger charge is -2.20. The third kappa shape index (κ3) is 3.07. The summed E-state index contributed by atoms with van der Waals surface area (Å²) in [5, 5.41) is 2.74. The summed E-state index contributed by atoms with van der Waals surface area (Å²) in [5.74, 6) is 0.326. The molecule has 0 bridgehead atoms. The Morgan fingerprint density at radius 3 is 2.24 bits per heavy atom. The van der Waals surface area contributed by atoms with E-state index in [2.05, 4.69) is 106 Å². The van der Waals surface area contributed by atoms with Crippen LogP contribution >= 0.6 is 11.3 Å². The van der Waals surface area contributed by atoms with E-state index in [-0.39, 0.29) is 0 Å². The van der Waals surface area contributed by atoms with E-state index in [1.54, 1.807) is 0 Å². The number of fused-ring (bicyclic) bond motifs is 3. The average molecular weight is 393 g/mol. The van der Waals surface area contributed by atoms with Crippen molar-refractivity contribution < 1.29 is 0 Å². The van der Waals surface area contributed by atoms with Crippen LogP contribution in [-0.2, 0) is 0 Å². The largest absolute Gasteiger partial charge is 0.135 e. The van der Waals surface area contributed by atoms with Gasteiger partial charge in [-0.1, -0.05) is 73.7 Å². The van der Waals surface area contributed by atoms with Crippen LogP contribution in [0.25, 0.3) is 31.3 Å². The Balaban J connectivity index is 1.68. The predicted octanol–water partition coefficient (Wildman–Crippen LogP) is 8.49. The highest BCUT2D eigenvalue weighted by Gasteiger charge is 2.18. The molecule has 0 radical (unpaired) electrons. The molecule has 29 heavy (non-hydrogen) atoms. The Hall–Kier alpha value is -2.90. The number of aryl methyl sites for hydroxylation is 2. The molecule has 5 aromatic rings. The first-order valence-corrected chi connectivity index (χ1v) is 11.0. The second-order valence-corrected chi connectivity index (χ2v) is 9.01. The highest BCUT2D eigenvalue weighted by molar-refractivity contribution is 7.25. The third-order valence-corrected chi connectivity index (χ3v) is 7.24. The van der Waals surface area contributed by atoms with Crippen molar-refractivity contribution in [1.82, 2.24) is 0 Å². The minimum atomic E-state index is 0.326. The summed E-state index contributed by atoms with van der Waals surface area (Å²) in [6, 6.07) is 31.2. The molecule has 5 rings (SSSR count). The molecule has 0 aliphatic carbocycles. The second-order valence-electron chi connectivity index (χ2n) is 7.93. The molecular formula is C28H24S. The quantitative estimate of drug-likeness (QED) is 0.289. The van der Waals surface area contributed by atoms with E-state index in [1.807, 2.05) is 11.3 Å². The van der Waals surface area contributed by atoms with Crippen molar-refractivity contribution in [1.29, 1.82) is 0 Å². The predicted molar refractivity (Wildman–Crippen MR) is 128 cm³/mol. The van der Waals surface area contributed by atoms with Gasteiger partial charge in [-0.05, 0) is 65.4 Å². The zero-order valence-corrected chi connectivity index (χ0v) is 17.9. The van der Waals surface area contributed by atoms with Gasteiger partial charge >= 0.3 is 0 Å². The summed E-state index contributed by atoms with van der Waals surface area (Å²) in [4.78, 5) is 0. The van der Waals surface area contributed by atoms with Crippen LogP contribution in [0.15, 0.2) is 84.9 Å². The molecule has 0 fully saturated rings. The van der Waals surface area contributed by atoms with Crippen molar-refractivity contribution in [2.24, 2.45) is 0 Å². The molecule has 0 saturated heterocycles. The van der Waals surface area contributed by atoms with Gasteiger partial charge in [0, 0.05) is 26.1 Å². The molecule has 0 N–H and O–H groups in total. The topological polar surface area (TPSA) is 0 Å². The van der Waals surface area contributed by atoms with Gasteiger partial charge in [0.2, 0.25) is 0 Å². The molecular weight excluding hydrogens is 368 g/mol. The Bertz CT molecular complexity index is 1340. The van der Waals surface area contributed by atoms with Gasteiger partial charge in [-0.2, -0.15) is 0 Å². The molecule has 1 atom stereocenters. The van der Waals surface area contributed by atoms with E-state index in [0.717, 1.165) is 0 Å². The number of hydrogen-bond donors (Lipinski definition) is 0. The van der Waals surface area contributed by atoms with E-state index < -0.39 is 0 Å². The van der Waals surface area contributed by atoms with Crippen LogP contribution in [-0.4, -0.2) is 0 Å². The fraction of sp³-hybridized carbons (Fsp3) is 0.143. The zero-order valence-electron chi connectivity index (χ0n) is 17.1. The maximum Gasteiger partial charge on any atom is 0.0355 e. The molecule has 0 amide bonds. The first-order valence-electron chi connectivity index (χ1n) is 10.2. The SMILES string of the molecule is Cc1ccccc1-c1c(C)cccc1C(C)c1ccc2sc3ccccc3c2c1. The Morgan fingerprint density at radius 1 is 0.655 bits per heavy atom. The van der Waals surface area contributed by atoms with Crippen LogP contribution in [0.2, 0.25) is 0 Å². The molecule has 0 aliphatic rings. The first-order chi connectivity index (χ1) is 14.1. The van der Waals surface area contributed by atoms with Crippen molar-refractivity contribution in [3.8, 4) is 11.1 Å². The van der Waals surface area contributed by atoms with Gasteiger partial charge in [-0.3, -0.25) is 0 Å². The molecule has 0 nitrogen and oxygen atoms in total. The molecule has 0 aliphatic heterocycles. The molecule has 1 unspecified atom stereocenters. The number of thiophene rings is 1. The van der Waals surface area contributed by atoms with Gasteiger partial charge in [0.15, 0.2) is 0 Å². The van der Waals surface area contributed by atoms with Crippen LogP contribution in [0.1, 0.15) is 35.1 Å². The third-order valence-electron chi connectivity index (χ3n) is 6.09. The summed E-state index contributed by atoms with van der Waals surface area (Å²) in [7, 11) is 0. The highest BCUT2D eigenvalue weighted by Crippen LogP contribution is 2.40. The Kier molecular flexibility index (Phi) is 4.49. The van der Waals surface area contributed by atoms with Crippen molar-refractivity contribution in [3.05, 3.63) is 107 Å². The van der Waals surface area contributed by atoms with Gasteiger partial charge in [-0.15, -0.1) is 11.3 Å². The van der Waals surface area contributed by atoms with E-state index >= 15 is 0 Å². The van der Waals surface area contributed by atoms with Crippen molar-refractivity contribution in [3.63, 3.8) is 0 Å². The molecule has 0 spiro atoms. The Morgan fingerprint density at radius 2 is 1.38 bits per heavy atom. The van der Waals surface area contributed by atoms with E-state index in [4.69, 9.17) is 0 Å². The lowest BCUT2D eigenvalue weighted by molar-refractivity contribution is 0.925. The molecule has 1 aromatic heterocycles. The molecule has 142 valence electrons. The van der Waals surface area contributed by atoms with E-state index in [9.17, 15) is 0 Å². The van der Waals surface area contributed by atoms with Gasteiger partial charge < -0.3 is 0 Å². The standard InChI is InChI=1S/C28H24S/c1-18-9-4-5-11-22(18)28-19(2)10-8-13-23(28)20(3)21-15-16-27-25(17-21)24-12-6-7-14-26(24)29-27/h4-17,20H,1-3H3. The van der Waals surface area contributed by atoms with Crippen LogP contribution in [0.4, 0.5) is 0 Å². The fourth-order valence-corrected chi connectivity index (χ4v) is 5.55. The zero-order chi connectivity index (χ0) is 20.0. The maximum absolute atomic E-state index is 2.41.